The first-order valence-electron chi connectivity index (χ1n) is 7.61. The van der Waals surface area contributed by atoms with Gasteiger partial charge in [-0.2, -0.15) is 5.26 Å². The summed E-state index contributed by atoms with van der Waals surface area (Å²) in [6.45, 7) is 10.1. The van der Waals surface area contributed by atoms with Gasteiger partial charge in [0.2, 0.25) is 0 Å². The normalized spacial score (nSPS) is 17.1. The van der Waals surface area contributed by atoms with Crippen LogP contribution in [0, 0.1) is 17.2 Å². The largest absolute Gasteiger partial charge is 0.303 e. The SMILES string of the molecule is CCC(CC)CN(CC)CCC(C#N)NC1CC1. The van der Waals surface area contributed by atoms with Gasteiger partial charge in [-0.3, -0.25) is 5.32 Å². The Balaban J connectivity index is 2.25. The highest BCUT2D eigenvalue weighted by Gasteiger charge is 2.24. The Kier molecular flexibility index (Phi) is 7.31. The summed E-state index contributed by atoms with van der Waals surface area (Å²) in [5.74, 6) is 0.807. The summed E-state index contributed by atoms with van der Waals surface area (Å²) >= 11 is 0. The molecule has 0 saturated heterocycles. The minimum Gasteiger partial charge on any atom is -0.303 e. The molecule has 104 valence electrons. The lowest BCUT2D eigenvalue weighted by Crippen LogP contribution is -2.36. The minimum absolute atomic E-state index is 0.0493. The van der Waals surface area contributed by atoms with Crippen LogP contribution in [-0.4, -0.2) is 36.6 Å². The minimum atomic E-state index is 0.0493. The van der Waals surface area contributed by atoms with Crippen molar-refractivity contribution >= 4 is 0 Å². The van der Waals surface area contributed by atoms with Crippen LogP contribution in [0.4, 0.5) is 0 Å². The molecule has 0 spiro atoms. The van der Waals surface area contributed by atoms with Crippen molar-refractivity contribution in [2.45, 2.75) is 65.0 Å². The molecule has 1 unspecified atom stereocenters. The maximum Gasteiger partial charge on any atom is 0.0967 e. The van der Waals surface area contributed by atoms with E-state index in [1.165, 1.54) is 32.2 Å². The summed E-state index contributed by atoms with van der Waals surface area (Å²) in [6, 6.07) is 3.07. The predicted octanol–water partition coefficient (Wildman–Crippen LogP) is 2.78. The van der Waals surface area contributed by atoms with Gasteiger partial charge in [-0.25, -0.2) is 0 Å². The van der Waals surface area contributed by atoms with Crippen LogP contribution in [0.2, 0.25) is 0 Å². The van der Waals surface area contributed by atoms with Crippen LogP contribution >= 0.6 is 0 Å². The molecule has 0 aromatic rings. The van der Waals surface area contributed by atoms with Crippen molar-refractivity contribution < 1.29 is 0 Å². The Morgan fingerprint density at radius 1 is 1.28 bits per heavy atom. The van der Waals surface area contributed by atoms with E-state index in [1.807, 2.05) is 0 Å². The van der Waals surface area contributed by atoms with Gasteiger partial charge in [0.25, 0.3) is 0 Å². The molecule has 1 aliphatic carbocycles. The average molecular weight is 251 g/mol. The summed E-state index contributed by atoms with van der Waals surface area (Å²) in [6.07, 6.45) is 5.98. The van der Waals surface area contributed by atoms with Gasteiger partial charge in [0.1, 0.15) is 0 Å². The van der Waals surface area contributed by atoms with E-state index in [2.05, 4.69) is 37.1 Å². The van der Waals surface area contributed by atoms with Crippen molar-refractivity contribution in [3.63, 3.8) is 0 Å². The van der Waals surface area contributed by atoms with E-state index >= 15 is 0 Å². The van der Waals surface area contributed by atoms with Crippen LogP contribution in [0.3, 0.4) is 0 Å². The van der Waals surface area contributed by atoms with Crippen LogP contribution in [0.15, 0.2) is 0 Å². The van der Waals surface area contributed by atoms with Crippen molar-refractivity contribution in [1.82, 2.24) is 10.2 Å². The van der Waals surface area contributed by atoms with Crippen molar-refractivity contribution in [3.05, 3.63) is 0 Å². The van der Waals surface area contributed by atoms with Gasteiger partial charge < -0.3 is 4.90 Å². The molecule has 0 aromatic heterocycles. The molecule has 3 nitrogen and oxygen atoms in total. The molecule has 0 aliphatic heterocycles. The van der Waals surface area contributed by atoms with Gasteiger partial charge >= 0.3 is 0 Å². The molecular formula is C15H29N3. The zero-order chi connectivity index (χ0) is 13.4. The Bertz CT molecular complexity index is 251. The zero-order valence-electron chi connectivity index (χ0n) is 12.3. The third kappa shape index (κ3) is 5.84. The zero-order valence-corrected chi connectivity index (χ0v) is 12.3. The second-order valence-corrected chi connectivity index (χ2v) is 5.49. The lowest BCUT2D eigenvalue weighted by molar-refractivity contribution is 0.226. The summed E-state index contributed by atoms with van der Waals surface area (Å²) < 4.78 is 0. The molecule has 0 heterocycles. The Hall–Kier alpha value is -0.590. The van der Waals surface area contributed by atoms with Crippen LogP contribution in [0.5, 0.6) is 0 Å². The van der Waals surface area contributed by atoms with Crippen LogP contribution in [0.1, 0.15) is 52.9 Å². The first-order valence-corrected chi connectivity index (χ1v) is 7.61. The molecule has 18 heavy (non-hydrogen) atoms. The fourth-order valence-corrected chi connectivity index (χ4v) is 2.32. The topological polar surface area (TPSA) is 39.1 Å². The molecule has 0 bridgehead atoms. The van der Waals surface area contributed by atoms with Crippen LogP contribution in [-0.2, 0) is 0 Å². The van der Waals surface area contributed by atoms with Gasteiger partial charge in [-0.05, 0) is 31.7 Å². The van der Waals surface area contributed by atoms with Crippen LogP contribution < -0.4 is 5.32 Å². The highest BCUT2D eigenvalue weighted by atomic mass is 15.1. The van der Waals surface area contributed by atoms with Crippen molar-refractivity contribution in [2.24, 2.45) is 5.92 Å². The van der Waals surface area contributed by atoms with E-state index in [0.717, 1.165) is 25.4 Å². The quantitative estimate of drug-likeness (QED) is 0.649. The van der Waals surface area contributed by atoms with Gasteiger partial charge in [0.05, 0.1) is 12.1 Å². The third-order valence-electron chi connectivity index (χ3n) is 4.02. The van der Waals surface area contributed by atoms with Crippen molar-refractivity contribution in [1.29, 1.82) is 5.26 Å². The fraction of sp³-hybridized carbons (Fsp3) is 0.933. The van der Waals surface area contributed by atoms with E-state index in [-0.39, 0.29) is 6.04 Å². The molecule has 3 heteroatoms. The average Bonchev–Trinajstić information content (AvgIpc) is 3.21. The summed E-state index contributed by atoms with van der Waals surface area (Å²) in [4.78, 5) is 2.50. The fourth-order valence-electron chi connectivity index (χ4n) is 2.32. The van der Waals surface area contributed by atoms with E-state index in [9.17, 15) is 0 Å². The molecule has 0 aromatic carbocycles. The third-order valence-corrected chi connectivity index (χ3v) is 4.02. The van der Waals surface area contributed by atoms with Gasteiger partial charge in [-0.15, -0.1) is 0 Å². The molecule has 0 radical (unpaired) electrons. The highest BCUT2D eigenvalue weighted by molar-refractivity contribution is 4.96. The lowest BCUT2D eigenvalue weighted by atomic mass is 10.0. The Morgan fingerprint density at radius 2 is 1.94 bits per heavy atom. The monoisotopic (exact) mass is 251 g/mol. The number of nitrogens with one attached hydrogen (secondary N) is 1. The number of nitriles is 1. The standard InChI is InChI=1S/C15H29N3/c1-4-13(5-2)12-18(6-3)10-9-15(11-16)17-14-7-8-14/h13-15,17H,4-10,12H2,1-3H3. The smallest absolute Gasteiger partial charge is 0.0967 e. The van der Waals surface area contributed by atoms with E-state index in [0.29, 0.717) is 6.04 Å². The van der Waals surface area contributed by atoms with E-state index < -0.39 is 0 Å². The maximum absolute atomic E-state index is 9.13. The predicted molar refractivity (Wildman–Crippen MR) is 76.4 cm³/mol. The maximum atomic E-state index is 9.13. The van der Waals surface area contributed by atoms with E-state index in [1.54, 1.807) is 0 Å². The molecule has 1 saturated carbocycles. The van der Waals surface area contributed by atoms with E-state index in [4.69, 9.17) is 5.26 Å². The second kappa shape index (κ2) is 8.50. The van der Waals surface area contributed by atoms with Gasteiger partial charge in [0, 0.05) is 19.1 Å². The molecule has 1 rings (SSSR count). The van der Waals surface area contributed by atoms with Crippen LogP contribution in [0.25, 0.3) is 0 Å². The number of hydrogen-bond acceptors (Lipinski definition) is 3. The van der Waals surface area contributed by atoms with Gasteiger partial charge in [-0.1, -0.05) is 33.6 Å². The number of rotatable bonds is 10. The molecule has 1 fully saturated rings. The Morgan fingerprint density at radius 3 is 2.39 bits per heavy atom. The van der Waals surface area contributed by atoms with Gasteiger partial charge in [0.15, 0.2) is 0 Å². The Labute approximate surface area is 113 Å². The summed E-state index contributed by atoms with van der Waals surface area (Å²) in [7, 11) is 0. The summed E-state index contributed by atoms with van der Waals surface area (Å²) in [5, 5.41) is 12.5. The molecule has 1 N–H and O–H groups in total. The van der Waals surface area contributed by atoms with Crippen molar-refractivity contribution in [2.75, 3.05) is 19.6 Å². The molecule has 1 atom stereocenters. The molecule has 1 aliphatic rings. The first-order chi connectivity index (χ1) is 8.73. The first kappa shape index (κ1) is 15.5. The summed E-state index contributed by atoms with van der Waals surface area (Å²) in [5.41, 5.74) is 0. The highest BCUT2D eigenvalue weighted by Crippen LogP contribution is 2.20. The number of hydrogen-bond donors (Lipinski definition) is 1. The lowest BCUT2D eigenvalue weighted by Gasteiger charge is -2.26. The van der Waals surface area contributed by atoms with Crippen molar-refractivity contribution in [3.8, 4) is 6.07 Å². The number of nitrogens with zero attached hydrogens (tertiary/aromatic N) is 2. The second-order valence-electron chi connectivity index (χ2n) is 5.49. The molecule has 0 amide bonds. The molecular weight excluding hydrogens is 222 g/mol.